The van der Waals surface area contributed by atoms with Crippen LogP contribution in [0.1, 0.15) is 72.6 Å². The van der Waals surface area contributed by atoms with E-state index in [4.69, 9.17) is 70.8 Å². The molecule has 0 aliphatic carbocycles. The first-order valence-electron chi connectivity index (χ1n) is 30.2. The Labute approximate surface area is 490 Å². The maximum atomic E-state index is 7.39. The predicted molar refractivity (Wildman–Crippen MR) is 343 cm³/mol. The molecule has 78 heavy (non-hydrogen) atoms. The minimum absolute atomic E-state index is 0.286. The van der Waals surface area contributed by atoms with E-state index in [0.29, 0.717) is 58.3 Å². The Morgan fingerprint density at radius 2 is 0.654 bits per heavy atom. The summed E-state index contributed by atoms with van der Waals surface area (Å²) in [5.41, 5.74) is 0. The van der Waals surface area contributed by atoms with Gasteiger partial charge in [-0.1, -0.05) is 59.5 Å². The second-order valence-corrected chi connectivity index (χ2v) is 61.9. The van der Waals surface area contributed by atoms with Gasteiger partial charge in [0, 0.05) is 19.8 Å². The largest absolute Gasteiger partial charge is 0.636 e. The second kappa shape index (κ2) is 37.7. The molecule has 0 aromatic carbocycles. The van der Waals surface area contributed by atoms with Gasteiger partial charge in [0.1, 0.15) is 24.4 Å². The normalized spacial score (nSPS) is 20.5. The molecule has 4 saturated heterocycles. The minimum Gasteiger partial charge on any atom is -0.399 e. The Kier molecular flexibility index (Phi) is 36.5. The molecule has 0 aromatic rings. The van der Waals surface area contributed by atoms with Crippen molar-refractivity contribution in [3.63, 3.8) is 0 Å². The summed E-state index contributed by atoms with van der Waals surface area (Å²) >= 11 is 0. The van der Waals surface area contributed by atoms with E-state index in [1.807, 2.05) is 0 Å². The van der Waals surface area contributed by atoms with Gasteiger partial charge in [-0.3, -0.25) is 0 Å². The lowest BCUT2D eigenvalue weighted by Gasteiger charge is -2.46. The van der Waals surface area contributed by atoms with Gasteiger partial charge in [-0.05, 0) is 166 Å². The fourth-order valence-electron chi connectivity index (χ4n) is 8.35. The summed E-state index contributed by atoms with van der Waals surface area (Å²) in [7, 11) is -21.3. The van der Waals surface area contributed by atoms with E-state index in [0.717, 1.165) is 94.9 Å². The van der Waals surface area contributed by atoms with Crippen molar-refractivity contribution < 1.29 is 70.8 Å². The molecule has 4 atom stereocenters. The molecule has 464 valence electrons. The Morgan fingerprint density at radius 3 is 0.885 bits per heavy atom. The molecule has 26 heteroatoms. The third kappa shape index (κ3) is 41.3. The highest BCUT2D eigenvalue weighted by Crippen LogP contribution is 2.36. The van der Waals surface area contributed by atoms with Gasteiger partial charge < -0.3 is 70.8 Å². The van der Waals surface area contributed by atoms with Gasteiger partial charge in [-0.15, -0.1) is 6.58 Å². The molecule has 4 heterocycles. The van der Waals surface area contributed by atoms with Crippen LogP contribution < -0.4 is 0 Å². The van der Waals surface area contributed by atoms with Crippen molar-refractivity contribution in [2.24, 2.45) is 11.8 Å². The highest BCUT2D eigenvalue weighted by atomic mass is 28.5. The first-order valence-corrected chi connectivity index (χ1v) is 57.4. The van der Waals surface area contributed by atoms with Crippen molar-refractivity contribution in [1.29, 1.82) is 0 Å². The van der Waals surface area contributed by atoms with Crippen molar-refractivity contribution >= 4 is 86.8 Å². The maximum Gasteiger partial charge on any atom is 0.636 e. The number of epoxide rings is 4. The molecule has 16 nitrogen and oxygen atoms in total. The van der Waals surface area contributed by atoms with Gasteiger partial charge in [0.15, 0.2) is 68.7 Å². The highest BCUT2D eigenvalue weighted by molar-refractivity contribution is 6.92. The van der Waals surface area contributed by atoms with Crippen molar-refractivity contribution in [3.8, 4) is 0 Å². The van der Waals surface area contributed by atoms with Crippen molar-refractivity contribution in [3.05, 3.63) is 12.7 Å². The number of ether oxygens (including phenoxy) is 8. The van der Waals surface area contributed by atoms with Crippen LogP contribution in [0.3, 0.4) is 0 Å². The third-order valence-electron chi connectivity index (χ3n) is 12.5. The SMILES string of the molecule is C=CCOCC1CO1.CC(C)CCC[Si](C)(C)O[Si](O[SiH](C)C)(O[SiH](C)C)O[SiH](C)C.CC(C)CCC[Si](C)(C)O[Si](O[Si](C)(C)CCCOCC1CO1)(O[Si](C)(C)CCCOCC1CO1)O[Si](C)(C)CCCOCC1CO1. The average Bonchev–Trinajstić information content (AvgIpc) is 4.04. The first kappa shape index (κ1) is 75.4. The molecule has 0 spiro atoms. The van der Waals surface area contributed by atoms with Gasteiger partial charge in [0.05, 0.1) is 59.5 Å². The van der Waals surface area contributed by atoms with Crippen molar-refractivity contribution in [2.75, 3.05) is 79.3 Å². The molecule has 0 bridgehead atoms. The van der Waals surface area contributed by atoms with Crippen molar-refractivity contribution in [2.45, 2.75) is 232 Å². The minimum atomic E-state index is -3.58. The monoisotopic (exact) mass is 1280 g/mol. The van der Waals surface area contributed by atoms with Gasteiger partial charge >= 0.3 is 18.1 Å². The lowest BCUT2D eigenvalue weighted by molar-refractivity contribution is 0.112. The number of rotatable bonds is 46. The molecule has 4 aliphatic rings. The summed E-state index contributed by atoms with van der Waals surface area (Å²) in [5.74, 6) is 1.42. The molecular weight excluding hydrogens is 1160 g/mol. The van der Waals surface area contributed by atoms with Crippen LogP contribution in [0.4, 0.5) is 0 Å². The lowest BCUT2D eigenvalue weighted by atomic mass is 10.1. The van der Waals surface area contributed by atoms with E-state index in [1.165, 1.54) is 19.3 Å². The van der Waals surface area contributed by atoms with Crippen LogP contribution in [0.5, 0.6) is 0 Å². The van der Waals surface area contributed by atoms with Crippen LogP contribution in [-0.2, 0) is 70.8 Å². The number of hydrogen-bond donors (Lipinski definition) is 0. The zero-order valence-electron chi connectivity index (χ0n) is 53.5. The van der Waals surface area contributed by atoms with Gasteiger partial charge in [0.2, 0.25) is 0 Å². The van der Waals surface area contributed by atoms with Crippen LogP contribution >= 0.6 is 0 Å². The van der Waals surface area contributed by atoms with E-state index in [2.05, 4.69) is 139 Å². The van der Waals surface area contributed by atoms with Gasteiger partial charge in [-0.25, -0.2) is 0 Å². The topological polar surface area (TPSA) is 161 Å². The third-order valence-corrected chi connectivity index (χ3v) is 45.5. The van der Waals surface area contributed by atoms with Crippen LogP contribution in [-0.4, -0.2) is 191 Å². The Balaban J connectivity index is 0.000000552. The Morgan fingerprint density at radius 1 is 0.410 bits per heavy atom. The zero-order chi connectivity index (χ0) is 58.7. The molecule has 4 unspecified atom stereocenters. The summed E-state index contributed by atoms with van der Waals surface area (Å²) in [5, 5.41) is 0. The molecule has 4 fully saturated rings. The van der Waals surface area contributed by atoms with Gasteiger partial charge in [0.25, 0.3) is 0 Å². The fourth-order valence-corrected chi connectivity index (χ4v) is 43.2. The number of hydrogen-bond acceptors (Lipinski definition) is 16. The van der Waals surface area contributed by atoms with E-state index in [-0.39, 0.29) is 18.3 Å². The lowest BCUT2D eigenvalue weighted by Crippen LogP contribution is -2.66. The quantitative estimate of drug-likeness (QED) is 0.0245. The second-order valence-electron chi connectivity index (χ2n) is 26.6. The molecule has 0 amide bonds. The van der Waals surface area contributed by atoms with E-state index < -0.39 is 86.8 Å². The summed E-state index contributed by atoms with van der Waals surface area (Å²) in [6.07, 6.45) is 10.6. The molecular formula is C52H120O16Si10. The summed E-state index contributed by atoms with van der Waals surface area (Å²) < 4.78 is 98.8. The average molecular weight is 1280 g/mol. The molecule has 4 aliphatic heterocycles. The van der Waals surface area contributed by atoms with E-state index in [1.54, 1.807) is 6.08 Å². The van der Waals surface area contributed by atoms with E-state index in [9.17, 15) is 0 Å². The standard InChI is InChI=1S/C32H70O10Si5.C14H40O4Si5.C6H10O2/c1-29(2)15-11-19-43(3,4)39-47(40-44(5,6)20-12-16-33-23-30-26-36-30,41-45(7,8)21-13-17-34-24-31-27-37-31)42-46(9,10)22-14-18-35-25-32-28-38-32;1-14(2)12-11-13-22(9,10)18-23(15-19(3)4,16-20(5)6)17-21(7)8;1-2-3-7-4-6-5-8-6/h29-32H,11-28H2,1-10H3;14,19-21H,11-13H2,1-10H3;2,6H,1,3-5H2. The smallest absolute Gasteiger partial charge is 0.399 e. The van der Waals surface area contributed by atoms with Crippen LogP contribution in [0.15, 0.2) is 12.7 Å². The van der Waals surface area contributed by atoms with E-state index >= 15 is 0 Å². The Bertz CT molecular complexity index is 1450. The summed E-state index contributed by atoms with van der Waals surface area (Å²) in [6, 6.07) is 5.08. The van der Waals surface area contributed by atoms with Crippen LogP contribution in [0.25, 0.3) is 0 Å². The molecule has 0 aromatic heterocycles. The maximum absolute atomic E-state index is 7.39. The summed E-state index contributed by atoms with van der Waals surface area (Å²) in [6.45, 7) is 57.6. The molecule has 0 N–H and O–H groups in total. The predicted octanol–water partition coefficient (Wildman–Crippen LogP) is 11.8. The first-order chi connectivity index (χ1) is 36.3. The summed E-state index contributed by atoms with van der Waals surface area (Å²) in [4.78, 5) is 0. The van der Waals surface area contributed by atoms with Gasteiger partial charge in [-0.2, -0.15) is 0 Å². The van der Waals surface area contributed by atoms with Crippen LogP contribution in [0.2, 0.25) is 135 Å². The Hall–Kier alpha value is 1.27. The molecule has 0 radical (unpaired) electrons. The van der Waals surface area contributed by atoms with Crippen molar-refractivity contribution in [1.82, 2.24) is 0 Å². The fraction of sp³-hybridized carbons (Fsp3) is 0.962. The highest BCUT2D eigenvalue weighted by Gasteiger charge is 2.58. The molecule has 0 saturated carbocycles. The van der Waals surface area contributed by atoms with Crippen LogP contribution in [0, 0.1) is 11.8 Å². The molecule has 4 rings (SSSR count). The zero-order valence-corrected chi connectivity index (χ0v) is 63.9.